The van der Waals surface area contributed by atoms with Crippen LogP contribution in [0.3, 0.4) is 0 Å². The molecular weight excluding hydrogens is 332 g/mol. The largest absolute Gasteiger partial charge is 0.384 e. The number of anilines is 1. The monoisotopic (exact) mass is 349 g/mol. The first kappa shape index (κ1) is 15.2. The van der Waals surface area contributed by atoms with Crippen molar-refractivity contribution in [3.8, 4) is 0 Å². The second-order valence-corrected chi connectivity index (χ2v) is 2.13. The van der Waals surface area contributed by atoms with E-state index in [4.69, 9.17) is 5.73 Å². The summed E-state index contributed by atoms with van der Waals surface area (Å²) in [6.45, 7) is 4.53. The number of hydrogen-bond donors (Lipinski definition) is 1. The zero-order valence-corrected chi connectivity index (χ0v) is 11.4. The number of benzene rings is 1. The summed E-state index contributed by atoms with van der Waals surface area (Å²) in [5.41, 5.74) is 6.44. The molecule has 1 aromatic rings. The Hall–Kier alpha value is -0.332. The van der Waals surface area contributed by atoms with Crippen LogP contribution in [0.25, 0.3) is 0 Å². The normalized spacial score (nSPS) is 7.69. The average molecular weight is 349 g/mol. The molecule has 2 nitrogen and oxygen atoms in total. The molecule has 0 aliphatic heterocycles. The van der Waals surface area contributed by atoms with Gasteiger partial charge in [-0.1, -0.05) is 19.5 Å². The number of nitrogens with two attached hydrogens (primary N) is 1. The molecule has 0 amide bonds. The molecule has 3 heteroatoms. The maximum Gasteiger partial charge on any atom is 0.0631 e. The third-order valence-corrected chi connectivity index (χ3v) is 1.38. The van der Waals surface area contributed by atoms with Gasteiger partial charge in [-0.3, -0.25) is 0 Å². The van der Waals surface area contributed by atoms with Crippen molar-refractivity contribution in [2.45, 2.75) is 13.8 Å². The summed E-state index contributed by atoms with van der Waals surface area (Å²) < 4.78 is 0. The van der Waals surface area contributed by atoms with E-state index in [2.05, 4.69) is 6.07 Å². The molecule has 0 aromatic heterocycles. The predicted octanol–water partition coefficient (Wildman–Crippen LogP) is 1.86. The number of nitrogens with zero attached hydrogens (tertiary/aromatic N) is 1. The van der Waals surface area contributed by atoms with E-state index in [1.165, 1.54) is 0 Å². The molecule has 1 aromatic carbocycles. The van der Waals surface area contributed by atoms with Crippen LogP contribution >= 0.6 is 0 Å². The van der Waals surface area contributed by atoms with Crippen molar-refractivity contribution in [3.05, 3.63) is 30.3 Å². The smallest absolute Gasteiger partial charge is 0.0631 e. The molecule has 0 aliphatic carbocycles. The van der Waals surface area contributed by atoms with Gasteiger partial charge < -0.3 is 10.6 Å². The molecule has 1 rings (SSSR count). The van der Waals surface area contributed by atoms with Crippen molar-refractivity contribution in [2.24, 2.45) is 5.73 Å². The summed E-state index contributed by atoms with van der Waals surface area (Å²) in [5.74, 6) is 0. The van der Waals surface area contributed by atoms with Crippen molar-refractivity contribution < 1.29 is 21.1 Å². The van der Waals surface area contributed by atoms with E-state index in [0.29, 0.717) is 6.67 Å². The fourth-order valence-electron chi connectivity index (χ4n) is 0.720. The van der Waals surface area contributed by atoms with Crippen molar-refractivity contribution >= 4 is 5.69 Å². The van der Waals surface area contributed by atoms with Crippen LogP contribution in [0.2, 0.25) is 0 Å². The molecule has 0 aliphatic rings. The SMILES string of the molecule is CC.CN(CN)c1[c-]cccc1.[W]. The molecule has 0 fully saturated rings. The third-order valence-electron chi connectivity index (χ3n) is 1.38. The van der Waals surface area contributed by atoms with Gasteiger partial charge >= 0.3 is 0 Å². The zero-order valence-electron chi connectivity index (χ0n) is 8.45. The molecule has 0 radical (unpaired) electrons. The molecule has 0 saturated carbocycles. The second kappa shape index (κ2) is 9.75. The van der Waals surface area contributed by atoms with Gasteiger partial charge in [-0.05, 0) is 0 Å². The minimum Gasteiger partial charge on any atom is -0.384 e. The van der Waals surface area contributed by atoms with Crippen LogP contribution in [0.5, 0.6) is 0 Å². The van der Waals surface area contributed by atoms with Gasteiger partial charge in [0.05, 0.1) is 6.67 Å². The first-order chi connectivity index (χ1) is 5.84. The van der Waals surface area contributed by atoms with Gasteiger partial charge in [-0.15, -0.1) is 6.07 Å². The first-order valence-corrected chi connectivity index (χ1v) is 4.22. The van der Waals surface area contributed by atoms with Crippen LogP contribution in [0.1, 0.15) is 13.8 Å². The molecule has 0 unspecified atom stereocenters. The van der Waals surface area contributed by atoms with E-state index in [0.717, 1.165) is 5.69 Å². The Balaban J connectivity index is 0. The second-order valence-electron chi connectivity index (χ2n) is 2.13. The average Bonchev–Trinajstić information content (AvgIpc) is 2.21. The van der Waals surface area contributed by atoms with Crippen LogP contribution < -0.4 is 10.6 Å². The van der Waals surface area contributed by atoms with Crippen LogP contribution in [0.15, 0.2) is 24.3 Å². The van der Waals surface area contributed by atoms with Gasteiger partial charge in [-0.2, -0.15) is 24.3 Å². The molecule has 0 spiro atoms. The van der Waals surface area contributed by atoms with Gasteiger partial charge in [0, 0.05) is 28.1 Å². The van der Waals surface area contributed by atoms with Crippen molar-refractivity contribution in [2.75, 3.05) is 18.6 Å². The van der Waals surface area contributed by atoms with Gasteiger partial charge in [-0.25, -0.2) is 0 Å². The fraction of sp³-hybridized carbons (Fsp3) is 0.400. The first-order valence-electron chi connectivity index (χ1n) is 4.22. The molecule has 0 bridgehead atoms. The van der Waals surface area contributed by atoms with Crippen molar-refractivity contribution in [1.29, 1.82) is 0 Å². The van der Waals surface area contributed by atoms with E-state index >= 15 is 0 Å². The maximum atomic E-state index is 5.41. The molecule has 0 atom stereocenters. The van der Waals surface area contributed by atoms with E-state index in [1.807, 2.05) is 50.1 Å². The Labute approximate surface area is 95.4 Å². The topological polar surface area (TPSA) is 29.3 Å². The van der Waals surface area contributed by atoms with Gasteiger partial charge in [0.15, 0.2) is 0 Å². The van der Waals surface area contributed by atoms with Crippen LogP contribution in [0.4, 0.5) is 5.69 Å². The molecule has 74 valence electrons. The maximum absolute atomic E-state index is 5.41. The fourth-order valence-corrected chi connectivity index (χ4v) is 0.720. The summed E-state index contributed by atoms with van der Waals surface area (Å²) in [6, 6.07) is 10.8. The van der Waals surface area contributed by atoms with Crippen LogP contribution in [-0.2, 0) is 21.1 Å². The molecule has 0 heterocycles. The Bertz CT molecular complexity index is 189. The molecule has 13 heavy (non-hydrogen) atoms. The Morgan fingerprint density at radius 3 is 2.38 bits per heavy atom. The Kier molecular flexibility index (Phi) is 11.4. The molecule has 2 N–H and O–H groups in total. The number of para-hydroxylation sites is 1. The predicted molar refractivity (Wildman–Crippen MR) is 54.1 cm³/mol. The van der Waals surface area contributed by atoms with E-state index in [-0.39, 0.29) is 21.1 Å². The minimum atomic E-state index is 0. The Morgan fingerprint density at radius 1 is 1.38 bits per heavy atom. The standard InChI is InChI=1S/C8H11N2.C2H6.W/c1-10(7-9)8-5-3-2-4-6-8;1-2;/h2-5H,7,9H2,1H3;1-2H3;/q-1;;. The molecule has 0 saturated heterocycles. The van der Waals surface area contributed by atoms with E-state index < -0.39 is 0 Å². The summed E-state index contributed by atoms with van der Waals surface area (Å²) >= 11 is 0. The van der Waals surface area contributed by atoms with E-state index in [1.54, 1.807) is 0 Å². The summed E-state index contributed by atoms with van der Waals surface area (Å²) in [7, 11) is 1.94. The zero-order chi connectivity index (χ0) is 9.40. The van der Waals surface area contributed by atoms with Crippen LogP contribution in [-0.4, -0.2) is 13.7 Å². The van der Waals surface area contributed by atoms with Crippen LogP contribution in [0, 0.1) is 6.07 Å². The summed E-state index contributed by atoms with van der Waals surface area (Å²) in [4.78, 5) is 1.93. The minimum absolute atomic E-state index is 0. The quantitative estimate of drug-likeness (QED) is 0.653. The van der Waals surface area contributed by atoms with Gasteiger partial charge in [0.1, 0.15) is 0 Å². The molecular formula is C10H17N2W-. The van der Waals surface area contributed by atoms with Crippen molar-refractivity contribution in [3.63, 3.8) is 0 Å². The third kappa shape index (κ3) is 5.84. The van der Waals surface area contributed by atoms with Gasteiger partial charge in [0.2, 0.25) is 0 Å². The summed E-state index contributed by atoms with van der Waals surface area (Å²) in [6.07, 6.45) is 0. The summed E-state index contributed by atoms with van der Waals surface area (Å²) in [5, 5.41) is 0. The number of rotatable bonds is 2. The van der Waals surface area contributed by atoms with Crippen molar-refractivity contribution in [1.82, 2.24) is 0 Å². The Morgan fingerprint density at radius 2 is 2.00 bits per heavy atom. The van der Waals surface area contributed by atoms with Gasteiger partial charge in [0.25, 0.3) is 0 Å². The van der Waals surface area contributed by atoms with E-state index in [9.17, 15) is 0 Å². The number of hydrogen-bond acceptors (Lipinski definition) is 2.